The highest BCUT2D eigenvalue weighted by Gasteiger charge is 2.16. The number of carbonyl (C=O) groups is 2. The number of carboxylic acids is 1. The van der Waals surface area contributed by atoms with Gasteiger partial charge in [0.2, 0.25) is 0 Å². The number of hydrogen-bond donors (Lipinski definition) is 2. The van der Waals surface area contributed by atoms with Crippen molar-refractivity contribution in [2.75, 3.05) is 5.32 Å². The van der Waals surface area contributed by atoms with E-state index in [9.17, 15) is 14.7 Å². The zero-order valence-electron chi connectivity index (χ0n) is 10.4. The van der Waals surface area contributed by atoms with Crippen LogP contribution in [0.5, 0.6) is 0 Å². The smallest absolute Gasteiger partial charge is 0.337 e. The van der Waals surface area contributed by atoms with Crippen molar-refractivity contribution in [3.05, 3.63) is 59.7 Å². The third kappa shape index (κ3) is 4.07. The number of carboxylic acid groups (broad SMARTS) is 1. The fourth-order valence-electron chi connectivity index (χ4n) is 1.66. The molecule has 0 heterocycles. The Bertz CT molecular complexity index is 734. The predicted molar refractivity (Wildman–Crippen MR) is 98.2 cm³/mol. The van der Waals surface area contributed by atoms with Crippen LogP contribution in [0.2, 0.25) is 5.02 Å². The Kier molecular flexibility index (Phi) is 5.44. The molecule has 2 aromatic carbocycles. The SMILES string of the molecule is O=C(Nc1ccc(I)cc1C(=O)O)c1cc(Cl)ccc1I. The van der Waals surface area contributed by atoms with Gasteiger partial charge in [-0.1, -0.05) is 11.6 Å². The normalized spacial score (nSPS) is 10.2. The van der Waals surface area contributed by atoms with Crippen LogP contribution in [0.3, 0.4) is 0 Å². The minimum atomic E-state index is -1.09. The molecule has 0 unspecified atom stereocenters. The maximum atomic E-state index is 12.3. The summed E-state index contributed by atoms with van der Waals surface area (Å²) in [6.07, 6.45) is 0. The average Bonchev–Trinajstić information content (AvgIpc) is 2.43. The van der Waals surface area contributed by atoms with Crippen molar-refractivity contribution in [3.8, 4) is 0 Å². The molecule has 2 rings (SSSR count). The van der Waals surface area contributed by atoms with Crippen molar-refractivity contribution in [2.24, 2.45) is 0 Å². The molecule has 21 heavy (non-hydrogen) atoms. The van der Waals surface area contributed by atoms with E-state index < -0.39 is 11.9 Å². The van der Waals surface area contributed by atoms with Crippen LogP contribution < -0.4 is 5.32 Å². The molecule has 0 saturated heterocycles. The molecular formula is C14H8ClI2NO3. The maximum absolute atomic E-state index is 12.3. The van der Waals surface area contributed by atoms with E-state index in [1.54, 1.807) is 30.3 Å². The predicted octanol–water partition coefficient (Wildman–Crippen LogP) is 4.50. The molecule has 2 aromatic rings. The van der Waals surface area contributed by atoms with Crippen LogP contribution in [0.4, 0.5) is 5.69 Å². The first kappa shape index (κ1) is 16.5. The highest BCUT2D eigenvalue weighted by molar-refractivity contribution is 14.1. The molecule has 0 aliphatic heterocycles. The Labute approximate surface area is 153 Å². The van der Waals surface area contributed by atoms with Gasteiger partial charge in [-0.15, -0.1) is 0 Å². The van der Waals surface area contributed by atoms with Gasteiger partial charge in [0.25, 0.3) is 5.91 Å². The van der Waals surface area contributed by atoms with E-state index in [1.165, 1.54) is 6.07 Å². The van der Waals surface area contributed by atoms with Crippen molar-refractivity contribution < 1.29 is 14.7 Å². The molecule has 0 fully saturated rings. The zero-order chi connectivity index (χ0) is 15.6. The quantitative estimate of drug-likeness (QED) is 0.578. The summed E-state index contributed by atoms with van der Waals surface area (Å²) in [6.45, 7) is 0. The Morgan fingerprint density at radius 3 is 2.43 bits per heavy atom. The Hall–Kier alpha value is -0.870. The van der Waals surface area contributed by atoms with Gasteiger partial charge in [0, 0.05) is 12.2 Å². The molecule has 0 atom stereocenters. The number of hydrogen-bond acceptors (Lipinski definition) is 2. The zero-order valence-corrected chi connectivity index (χ0v) is 15.4. The number of halogens is 3. The summed E-state index contributed by atoms with van der Waals surface area (Å²) in [7, 11) is 0. The lowest BCUT2D eigenvalue weighted by Gasteiger charge is -2.10. The van der Waals surface area contributed by atoms with E-state index >= 15 is 0 Å². The number of aromatic carboxylic acids is 1. The van der Waals surface area contributed by atoms with E-state index in [1.807, 2.05) is 45.2 Å². The minimum Gasteiger partial charge on any atom is -0.478 e. The summed E-state index contributed by atoms with van der Waals surface area (Å²) in [5, 5.41) is 12.3. The Morgan fingerprint density at radius 1 is 1.05 bits per heavy atom. The number of anilines is 1. The van der Waals surface area contributed by atoms with Gasteiger partial charge in [-0.2, -0.15) is 0 Å². The van der Waals surface area contributed by atoms with Gasteiger partial charge in [0.1, 0.15) is 0 Å². The van der Waals surface area contributed by atoms with Crippen LogP contribution in [0.15, 0.2) is 36.4 Å². The minimum absolute atomic E-state index is 0.0484. The first-order valence-corrected chi connectivity index (χ1v) is 8.21. The molecule has 0 aliphatic carbocycles. The largest absolute Gasteiger partial charge is 0.478 e. The molecule has 0 saturated carbocycles. The summed E-state index contributed by atoms with van der Waals surface area (Å²) in [6, 6.07) is 9.76. The summed E-state index contributed by atoms with van der Waals surface area (Å²) in [4.78, 5) is 23.5. The molecule has 7 heteroatoms. The second-order valence-corrected chi connectivity index (χ2v) is 6.92. The molecule has 108 valence electrons. The van der Waals surface area contributed by atoms with Crippen molar-refractivity contribution in [2.45, 2.75) is 0 Å². The second kappa shape index (κ2) is 6.93. The number of benzene rings is 2. The number of carbonyl (C=O) groups excluding carboxylic acids is 1. The summed E-state index contributed by atoms with van der Waals surface area (Å²) < 4.78 is 1.51. The van der Waals surface area contributed by atoms with Crippen LogP contribution >= 0.6 is 56.8 Å². The lowest BCUT2D eigenvalue weighted by Crippen LogP contribution is -2.16. The van der Waals surface area contributed by atoms with E-state index in [0.717, 1.165) is 7.14 Å². The molecule has 0 aromatic heterocycles. The lowest BCUT2D eigenvalue weighted by atomic mass is 10.1. The number of rotatable bonds is 3. The highest BCUT2D eigenvalue weighted by Crippen LogP contribution is 2.22. The molecular weight excluding hydrogens is 519 g/mol. The van der Waals surface area contributed by atoms with Gasteiger partial charge in [0.05, 0.1) is 16.8 Å². The van der Waals surface area contributed by atoms with Crippen molar-refractivity contribution in [3.63, 3.8) is 0 Å². The maximum Gasteiger partial charge on any atom is 0.337 e. The monoisotopic (exact) mass is 527 g/mol. The topological polar surface area (TPSA) is 66.4 Å². The van der Waals surface area contributed by atoms with E-state index in [2.05, 4.69) is 5.32 Å². The number of amides is 1. The van der Waals surface area contributed by atoms with Gasteiger partial charge >= 0.3 is 5.97 Å². The summed E-state index contributed by atoms with van der Waals surface area (Å²) >= 11 is 9.93. The van der Waals surface area contributed by atoms with Gasteiger partial charge < -0.3 is 10.4 Å². The number of nitrogens with one attached hydrogen (secondary N) is 1. The van der Waals surface area contributed by atoms with Crippen LogP contribution in [-0.2, 0) is 0 Å². The standard InChI is InChI=1S/C14H8ClI2NO3/c15-7-1-3-11(17)9(5-7)13(19)18-12-4-2-8(16)6-10(12)14(20)21/h1-6H,(H,18,19)(H,20,21). The molecule has 0 bridgehead atoms. The van der Waals surface area contributed by atoms with Gasteiger partial charge in [-0.05, 0) is 81.6 Å². The van der Waals surface area contributed by atoms with E-state index in [0.29, 0.717) is 10.6 Å². The summed E-state index contributed by atoms with van der Waals surface area (Å²) in [5.74, 6) is -1.49. The van der Waals surface area contributed by atoms with Gasteiger partial charge in [-0.3, -0.25) is 4.79 Å². The van der Waals surface area contributed by atoms with Crippen molar-refractivity contribution in [1.82, 2.24) is 0 Å². The van der Waals surface area contributed by atoms with Crippen molar-refractivity contribution in [1.29, 1.82) is 0 Å². The molecule has 4 nitrogen and oxygen atoms in total. The highest BCUT2D eigenvalue weighted by atomic mass is 127. The third-order valence-corrected chi connectivity index (χ3v) is 4.48. The Morgan fingerprint density at radius 2 is 1.76 bits per heavy atom. The van der Waals surface area contributed by atoms with Crippen LogP contribution in [0.1, 0.15) is 20.7 Å². The van der Waals surface area contributed by atoms with Crippen molar-refractivity contribution >= 4 is 74.3 Å². The van der Waals surface area contributed by atoms with Gasteiger partial charge in [-0.25, -0.2) is 4.79 Å². The fourth-order valence-corrected chi connectivity index (χ4v) is 2.91. The summed E-state index contributed by atoms with van der Waals surface area (Å²) in [5.41, 5.74) is 0.703. The molecule has 0 aliphatic rings. The van der Waals surface area contributed by atoms with Crippen LogP contribution in [-0.4, -0.2) is 17.0 Å². The molecule has 2 N–H and O–H groups in total. The van der Waals surface area contributed by atoms with E-state index in [4.69, 9.17) is 11.6 Å². The first-order chi connectivity index (χ1) is 9.88. The van der Waals surface area contributed by atoms with Crippen LogP contribution in [0.25, 0.3) is 0 Å². The second-order valence-electron chi connectivity index (χ2n) is 4.07. The fraction of sp³-hybridized carbons (Fsp3) is 0. The molecule has 0 radical (unpaired) electrons. The molecule has 0 spiro atoms. The van der Waals surface area contributed by atoms with Gasteiger partial charge in [0.15, 0.2) is 0 Å². The first-order valence-electron chi connectivity index (χ1n) is 5.67. The van der Waals surface area contributed by atoms with Crippen LogP contribution in [0, 0.1) is 7.14 Å². The lowest BCUT2D eigenvalue weighted by molar-refractivity contribution is 0.0698. The molecule has 1 amide bonds. The Balaban J connectivity index is 2.36. The third-order valence-electron chi connectivity index (χ3n) is 2.63. The average molecular weight is 527 g/mol. The van der Waals surface area contributed by atoms with E-state index in [-0.39, 0.29) is 11.3 Å².